The molecule has 2 rings (SSSR count). The summed E-state index contributed by atoms with van der Waals surface area (Å²) in [7, 11) is 1.48. The van der Waals surface area contributed by atoms with Crippen molar-refractivity contribution in [3.05, 3.63) is 50.4 Å². The van der Waals surface area contributed by atoms with Crippen LogP contribution in [0.1, 0.15) is 5.56 Å². The lowest BCUT2D eigenvalue weighted by Gasteiger charge is -2.07. The van der Waals surface area contributed by atoms with Gasteiger partial charge in [-0.25, -0.2) is 0 Å². The van der Waals surface area contributed by atoms with Gasteiger partial charge in [0.05, 0.1) is 29.1 Å². The maximum atomic E-state index is 9.99. The molecule has 4 nitrogen and oxygen atoms in total. The molecule has 0 heterocycles. The van der Waals surface area contributed by atoms with Crippen molar-refractivity contribution in [2.45, 2.75) is 0 Å². The largest absolute Gasteiger partial charge is 0.504 e. The Morgan fingerprint density at radius 3 is 2.67 bits per heavy atom. The highest BCUT2D eigenvalue weighted by Gasteiger charge is 2.08. The van der Waals surface area contributed by atoms with E-state index in [4.69, 9.17) is 27.9 Å². The third-order valence-electron chi connectivity index (χ3n) is 2.61. The second-order valence-corrected chi connectivity index (χ2v) is 5.77. The topological polar surface area (TPSA) is 53.8 Å². The average molecular weight is 390 g/mol. The summed E-state index contributed by atoms with van der Waals surface area (Å²) in [5.74, 6) is 0.376. The third kappa shape index (κ3) is 4.03. The molecular formula is C14H11BrCl2N2O2. The van der Waals surface area contributed by atoms with Crippen LogP contribution in [-0.2, 0) is 0 Å². The van der Waals surface area contributed by atoms with Gasteiger partial charge in [0.1, 0.15) is 0 Å². The summed E-state index contributed by atoms with van der Waals surface area (Å²) in [5.41, 5.74) is 4.00. The normalized spacial score (nSPS) is 10.9. The Labute approximate surface area is 140 Å². The van der Waals surface area contributed by atoms with E-state index in [-0.39, 0.29) is 5.75 Å². The van der Waals surface area contributed by atoms with Crippen molar-refractivity contribution >= 4 is 51.0 Å². The first-order chi connectivity index (χ1) is 10.0. The van der Waals surface area contributed by atoms with Crippen molar-refractivity contribution in [1.29, 1.82) is 0 Å². The lowest BCUT2D eigenvalue weighted by molar-refractivity contribution is 0.373. The predicted molar refractivity (Wildman–Crippen MR) is 90.0 cm³/mol. The van der Waals surface area contributed by atoms with E-state index in [0.717, 1.165) is 4.47 Å². The smallest absolute Gasteiger partial charge is 0.166 e. The van der Waals surface area contributed by atoms with E-state index in [1.165, 1.54) is 13.3 Å². The molecule has 0 saturated carbocycles. The van der Waals surface area contributed by atoms with Gasteiger partial charge < -0.3 is 9.84 Å². The third-order valence-corrected chi connectivity index (χ3v) is 3.80. The first-order valence-corrected chi connectivity index (χ1v) is 7.37. The quantitative estimate of drug-likeness (QED) is 0.576. The minimum Gasteiger partial charge on any atom is -0.504 e. The highest BCUT2D eigenvalue weighted by Crippen LogP contribution is 2.32. The van der Waals surface area contributed by atoms with Crippen LogP contribution < -0.4 is 10.2 Å². The highest BCUT2D eigenvalue weighted by molar-refractivity contribution is 9.10. The number of benzene rings is 2. The fourth-order valence-corrected chi connectivity index (χ4v) is 2.34. The van der Waals surface area contributed by atoms with Crippen molar-refractivity contribution in [2.24, 2.45) is 5.10 Å². The Hall–Kier alpha value is -1.43. The van der Waals surface area contributed by atoms with Crippen LogP contribution in [0.5, 0.6) is 11.5 Å². The maximum Gasteiger partial charge on any atom is 0.166 e. The molecule has 0 saturated heterocycles. The van der Waals surface area contributed by atoms with Crippen molar-refractivity contribution in [3.63, 3.8) is 0 Å². The molecule has 0 spiro atoms. The highest BCUT2D eigenvalue weighted by atomic mass is 79.9. The first-order valence-electron chi connectivity index (χ1n) is 5.82. The molecule has 0 radical (unpaired) electrons. The van der Waals surface area contributed by atoms with Gasteiger partial charge in [0, 0.05) is 10.0 Å². The van der Waals surface area contributed by atoms with Gasteiger partial charge in [-0.15, -0.1) is 0 Å². The van der Waals surface area contributed by atoms with E-state index in [0.29, 0.717) is 27.0 Å². The number of nitrogens with one attached hydrogen (secondary N) is 1. The van der Waals surface area contributed by atoms with Gasteiger partial charge in [-0.05, 0) is 30.3 Å². The zero-order chi connectivity index (χ0) is 15.4. The van der Waals surface area contributed by atoms with Crippen LogP contribution in [0.25, 0.3) is 0 Å². The Kier molecular flexibility index (Phi) is 5.33. The van der Waals surface area contributed by atoms with E-state index in [1.54, 1.807) is 30.3 Å². The number of aromatic hydroxyl groups is 1. The van der Waals surface area contributed by atoms with Crippen molar-refractivity contribution < 1.29 is 9.84 Å². The molecule has 0 atom stereocenters. The van der Waals surface area contributed by atoms with Crippen molar-refractivity contribution in [1.82, 2.24) is 0 Å². The number of phenols is 1. The molecule has 110 valence electrons. The number of hydrazone groups is 1. The SMILES string of the molecule is COc1cc(Br)cc(C=NNc2ccc(Cl)c(Cl)c2)c1O. The molecule has 2 aromatic carbocycles. The standard InChI is InChI=1S/C14H11BrCl2N2O2/c1-21-13-5-9(15)4-8(14(13)20)7-18-19-10-2-3-11(16)12(17)6-10/h2-7,19-20H,1H3. The minimum absolute atomic E-state index is 0.0142. The molecule has 0 bridgehead atoms. The van der Waals surface area contributed by atoms with Crippen LogP contribution in [0, 0.1) is 0 Å². The van der Waals surface area contributed by atoms with Crippen molar-refractivity contribution in [3.8, 4) is 11.5 Å². The Bertz CT molecular complexity index is 693. The van der Waals surface area contributed by atoms with Crippen LogP contribution in [0.15, 0.2) is 39.9 Å². The zero-order valence-corrected chi connectivity index (χ0v) is 14.0. The number of halogens is 3. The molecule has 0 unspecified atom stereocenters. The van der Waals surface area contributed by atoms with E-state index >= 15 is 0 Å². The van der Waals surface area contributed by atoms with E-state index < -0.39 is 0 Å². The van der Waals surface area contributed by atoms with Gasteiger partial charge in [-0.2, -0.15) is 5.10 Å². The average Bonchev–Trinajstić information content (AvgIpc) is 2.46. The maximum absolute atomic E-state index is 9.99. The lowest BCUT2D eigenvalue weighted by atomic mass is 10.2. The van der Waals surface area contributed by atoms with E-state index in [9.17, 15) is 5.11 Å². The number of hydrogen-bond donors (Lipinski definition) is 2. The fraction of sp³-hybridized carbons (Fsp3) is 0.0714. The molecule has 0 amide bonds. The zero-order valence-electron chi connectivity index (χ0n) is 10.9. The number of rotatable bonds is 4. The Morgan fingerprint density at radius 1 is 1.24 bits per heavy atom. The molecule has 0 aliphatic heterocycles. The molecule has 0 aliphatic carbocycles. The second-order valence-electron chi connectivity index (χ2n) is 4.04. The number of anilines is 1. The Balaban J connectivity index is 2.18. The first kappa shape index (κ1) is 15.9. The molecule has 7 heteroatoms. The van der Waals surface area contributed by atoms with Crippen LogP contribution in [0.2, 0.25) is 10.0 Å². The molecule has 0 aliphatic rings. The Morgan fingerprint density at radius 2 is 2.00 bits per heavy atom. The number of hydrogen-bond acceptors (Lipinski definition) is 4. The van der Waals surface area contributed by atoms with Crippen LogP contribution in [-0.4, -0.2) is 18.4 Å². The monoisotopic (exact) mass is 388 g/mol. The van der Waals surface area contributed by atoms with E-state index in [1.807, 2.05) is 0 Å². The summed E-state index contributed by atoms with van der Waals surface area (Å²) < 4.78 is 5.84. The molecule has 0 fully saturated rings. The lowest BCUT2D eigenvalue weighted by Crippen LogP contribution is -1.93. The van der Waals surface area contributed by atoms with Gasteiger partial charge in [-0.3, -0.25) is 5.43 Å². The summed E-state index contributed by atoms with van der Waals surface area (Å²) in [4.78, 5) is 0. The predicted octanol–water partition coefficient (Wildman–Crippen LogP) is 4.92. The van der Waals surface area contributed by atoms with Gasteiger partial charge in [-0.1, -0.05) is 39.1 Å². The van der Waals surface area contributed by atoms with Crippen LogP contribution >= 0.6 is 39.1 Å². The van der Waals surface area contributed by atoms with E-state index in [2.05, 4.69) is 26.5 Å². The van der Waals surface area contributed by atoms with Crippen LogP contribution in [0.3, 0.4) is 0 Å². The van der Waals surface area contributed by atoms with Crippen LogP contribution in [0.4, 0.5) is 5.69 Å². The summed E-state index contributed by atoms with van der Waals surface area (Å²) >= 11 is 15.1. The summed E-state index contributed by atoms with van der Waals surface area (Å²) in [5, 5.41) is 14.9. The molecule has 21 heavy (non-hydrogen) atoms. The number of nitrogens with zero attached hydrogens (tertiary/aromatic N) is 1. The van der Waals surface area contributed by atoms with Gasteiger partial charge >= 0.3 is 0 Å². The van der Waals surface area contributed by atoms with Gasteiger partial charge in [0.25, 0.3) is 0 Å². The van der Waals surface area contributed by atoms with Gasteiger partial charge in [0.2, 0.25) is 0 Å². The summed E-state index contributed by atoms with van der Waals surface area (Å²) in [6.45, 7) is 0. The molecular weight excluding hydrogens is 379 g/mol. The number of methoxy groups -OCH3 is 1. The number of phenolic OH excluding ortho intramolecular Hbond substituents is 1. The molecule has 0 aromatic heterocycles. The van der Waals surface area contributed by atoms with Gasteiger partial charge in [0.15, 0.2) is 11.5 Å². The second kappa shape index (κ2) is 7.02. The number of ether oxygens (including phenoxy) is 1. The van der Waals surface area contributed by atoms with Crippen molar-refractivity contribution in [2.75, 3.05) is 12.5 Å². The summed E-state index contributed by atoms with van der Waals surface area (Å²) in [6, 6.07) is 8.45. The molecule has 2 N–H and O–H groups in total. The fourth-order valence-electron chi connectivity index (χ4n) is 1.59. The molecule has 2 aromatic rings. The summed E-state index contributed by atoms with van der Waals surface area (Å²) in [6.07, 6.45) is 1.48. The minimum atomic E-state index is 0.0142.